The lowest BCUT2D eigenvalue weighted by Gasteiger charge is -2.10. The van der Waals surface area contributed by atoms with Crippen LogP contribution in [0.25, 0.3) is 11.0 Å². The van der Waals surface area contributed by atoms with E-state index in [1.165, 1.54) is 0 Å². The van der Waals surface area contributed by atoms with Gasteiger partial charge in [-0.3, -0.25) is 4.79 Å². The lowest BCUT2D eigenvalue weighted by atomic mass is 10.2. The molecule has 1 aromatic heterocycles. The summed E-state index contributed by atoms with van der Waals surface area (Å²) in [4.78, 5) is 27.9. The van der Waals surface area contributed by atoms with Gasteiger partial charge in [-0.1, -0.05) is 24.3 Å². The second kappa shape index (κ2) is 8.59. The molecule has 140 valence electrons. The molecule has 0 aliphatic heterocycles. The van der Waals surface area contributed by atoms with Crippen LogP contribution in [0.4, 0.5) is 10.5 Å². The van der Waals surface area contributed by atoms with E-state index in [9.17, 15) is 9.59 Å². The van der Waals surface area contributed by atoms with Gasteiger partial charge in [0.1, 0.15) is 12.4 Å². The van der Waals surface area contributed by atoms with Gasteiger partial charge in [0.2, 0.25) is 5.91 Å². The predicted octanol–water partition coefficient (Wildman–Crippen LogP) is 2.71. The lowest BCUT2D eigenvalue weighted by Crippen LogP contribution is -2.27. The van der Waals surface area contributed by atoms with Crippen LogP contribution in [0.2, 0.25) is 0 Å². The number of carbonyl (C=O) groups is 2. The van der Waals surface area contributed by atoms with Crippen molar-refractivity contribution in [1.29, 1.82) is 0 Å². The third kappa shape index (κ3) is 4.79. The Morgan fingerprint density at radius 1 is 1.15 bits per heavy atom. The Kier molecular flexibility index (Phi) is 5.97. The molecular formula is C19H21N5O2S. The number of aromatic nitrogens is 2. The van der Waals surface area contributed by atoms with E-state index in [0.717, 1.165) is 28.2 Å². The average molecular weight is 383 g/mol. The number of imidazole rings is 1. The van der Waals surface area contributed by atoms with Gasteiger partial charge in [-0.25, -0.2) is 9.78 Å². The normalized spacial score (nSPS) is 10.7. The van der Waals surface area contributed by atoms with E-state index < -0.39 is 6.03 Å². The molecule has 0 saturated heterocycles. The van der Waals surface area contributed by atoms with Crippen molar-refractivity contribution < 1.29 is 9.59 Å². The van der Waals surface area contributed by atoms with Gasteiger partial charge in [-0.2, -0.15) is 11.8 Å². The van der Waals surface area contributed by atoms with Crippen molar-refractivity contribution in [1.82, 2.24) is 14.9 Å². The monoisotopic (exact) mass is 383 g/mol. The zero-order chi connectivity index (χ0) is 19.2. The molecule has 0 aliphatic carbocycles. The number of para-hydroxylation sites is 2. The molecule has 0 radical (unpaired) electrons. The SMILES string of the molecule is CSCc1nc2ccccc2n1CC(=O)NCc1ccc(NC(N)=O)cc1. The molecule has 3 rings (SSSR count). The number of nitrogens with zero attached hydrogens (tertiary/aromatic N) is 2. The molecule has 0 atom stereocenters. The van der Waals surface area contributed by atoms with Crippen LogP contribution >= 0.6 is 11.8 Å². The van der Waals surface area contributed by atoms with Crippen molar-refractivity contribution >= 4 is 40.4 Å². The van der Waals surface area contributed by atoms with Crippen LogP contribution in [0.5, 0.6) is 0 Å². The average Bonchev–Trinajstić information content (AvgIpc) is 2.98. The number of hydrogen-bond donors (Lipinski definition) is 3. The molecule has 27 heavy (non-hydrogen) atoms. The Hall–Kier alpha value is -3.00. The maximum Gasteiger partial charge on any atom is 0.316 e. The summed E-state index contributed by atoms with van der Waals surface area (Å²) in [6.07, 6.45) is 2.01. The first-order valence-corrected chi connectivity index (χ1v) is 9.81. The van der Waals surface area contributed by atoms with Crippen LogP contribution in [0.3, 0.4) is 0 Å². The van der Waals surface area contributed by atoms with Crippen LogP contribution in [-0.4, -0.2) is 27.7 Å². The quantitative estimate of drug-likeness (QED) is 0.584. The van der Waals surface area contributed by atoms with Gasteiger partial charge in [0, 0.05) is 12.2 Å². The highest BCUT2D eigenvalue weighted by Gasteiger charge is 2.13. The summed E-state index contributed by atoms with van der Waals surface area (Å²) in [5.74, 6) is 1.55. The number of amides is 3. The lowest BCUT2D eigenvalue weighted by molar-refractivity contribution is -0.121. The number of urea groups is 1. The summed E-state index contributed by atoms with van der Waals surface area (Å²) >= 11 is 1.67. The number of rotatable bonds is 7. The summed E-state index contributed by atoms with van der Waals surface area (Å²) in [6.45, 7) is 0.623. The fraction of sp³-hybridized carbons (Fsp3) is 0.211. The van der Waals surface area contributed by atoms with Crippen LogP contribution in [0, 0.1) is 0 Å². The van der Waals surface area contributed by atoms with Gasteiger partial charge >= 0.3 is 6.03 Å². The molecule has 8 heteroatoms. The summed E-state index contributed by atoms with van der Waals surface area (Å²) in [6, 6.07) is 14.4. The zero-order valence-electron chi connectivity index (χ0n) is 14.9. The summed E-state index contributed by atoms with van der Waals surface area (Å²) in [5, 5.41) is 5.43. The Balaban J connectivity index is 1.65. The molecular weight excluding hydrogens is 362 g/mol. The molecule has 0 fully saturated rings. The van der Waals surface area contributed by atoms with Gasteiger partial charge < -0.3 is 20.9 Å². The topological polar surface area (TPSA) is 102 Å². The number of anilines is 1. The molecule has 0 bridgehead atoms. The van der Waals surface area contributed by atoms with E-state index in [-0.39, 0.29) is 12.5 Å². The fourth-order valence-corrected chi connectivity index (χ4v) is 3.27. The highest BCUT2D eigenvalue weighted by Crippen LogP contribution is 2.19. The Bertz CT molecular complexity index is 952. The van der Waals surface area contributed by atoms with Crippen molar-refractivity contribution in [3.05, 3.63) is 59.9 Å². The number of fused-ring (bicyclic) bond motifs is 1. The van der Waals surface area contributed by atoms with E-state index >= 15 is 0 Å². The largest absolute Gasteiger partial charge is 0.351 e. The minimum absolute atomic E-state index is 0.0835. The van der Waals surface area contributed by atoms with Crippen molar-refractivity contribution in [2.75, 3.05) is 11.6 Å². The number of carbonyl (C=O) groups excluding carboxylic acids is 2. The summed E-state index contributed by atoms with van der Waals surface area (Å²) < 4.78 is 1.96. The number of nitrogens with one attached hydrogen (secondary N) is 2. The highest BCUT2D eigenvalue weighted by molar-refractivity contribution is 7.97. The molecule has 2 aromatic carbocycles. The van der Waals surface area contributed by atoms with E-state index in [1.807, 2.05) is 47.2 Å². The van der Waals surface area contributed by atoms with Crippen molar-refractivity contribution in [2.24, 2.45) is 5.73 Å². The predicted molar refractivity (Wildman–Crippen MR) is 108 cm³/mol. The van der Waals surface area contributed by atoms with Crippen molar-refractivity contribution in [3.63, 3.8) is 0 Å². The second-order valence-corrected chi connectivity index (χ2v) is 6.86. The van der Waals surface area contributed by atoms with Gasteiger partial charge in [0.15, 0.2) is 0 Å². The van der Waals surface area contributed by atoms with Crippen molar-refractivity contribution in [2.45, 2.75) is 18.8 Å². The van der Waals surface area contributed by atoms with Gasteiger partial charge in [-0.15, -0.1) is 0 Å². The number of benzene rings is 2. The smallest absolute Gasteiger partial charge is 0.316 e. The van der Waals surface area contributed by atoms with Crippen molar-refractivity contribution in [3.8, 4) is 0 Å². The minimum atomic E-state index is -0.607. The maximum absolute atomic E-state index is 12.5. The van der Waals surface area contributed by atoms with Crippen LogP contribution in [-0.2, 0) is 23.6 Å². The third-order valence-corrected chi connectivity index (χ3v) is 4.57. The molecule has 4 N–H and O–H groups in total. The number of hydrogen-bond acceptors (Lipinski definition) is 4. The minimum Gasteiger partial charge on any atom is -0.351 e. The molecule has 0 unspecified atom stereocenters. The molecule has 0 aliphatic rings. The molecule has 0 saturated carbocycles. The Labute approximate surface area is 161 Å². The van der Waals surface area contributed by atoms with Gasteiger partial charge in [0.05, 0.1) is 16.8 Å². The summed E-state index contributed by atoms with van der Waals surface area (Å²) in [7, 11) is 0. The maximum atomic E-state index is 12.5. The standard InChI is InChI=1S/C19H21N5O2S/c1-27-12-17-23-15-4-2-3-5-16(15)24(17)11-18(25)21-10-13-6-8-14(9-7-13)22-19(20)26/h2-9H,10-12H2,1H3,(H,21,25)(H3,20,22,26). The first-order chi connectivity index (χ1) is 13.1. The van der Waals surface area contributed by atoms with Crippen LogP contribution < -0.4 is 16.4 Å². The first-order valence-electron chi connectivity index (χ1n) is 8.42. The number of primary amides is 1. The molecule has 3 aromatic rings. The molecule has 0 spiro atoms. The second-order valence-electron chi connectivity index (χ2n) is 6.00. The van der Waals surface area contributed by atoms with Crippen LogP contribution in [0.1, 0.15) is 11.4 Å². The number of nitrogens with two attached hydrogens (primary N) is 1. The Morgan fingerprint density at radius 2 is 1.89 bits per heavy atom. The van der Waals surface area contributed by atoms with E-state index in [4.69, 9.17) is 5.73 Å². The fourth-order valence-electron chi connectivity index (χ4n) is 2.79. The van der Waals surface area contributed by atoms with E-state index in [0.29, 0.717) is 12.2 Å². The molecule has 3 amide bonds. The zero-order valence-corrected chi connectivity index (χ0v) is 15.8. The Morgan fingerprint density at radius 3 is 2.59 bits per heavy atom. The van der Waals surface area contributed by atoms with E-state index in [2.05, 4.69) is 15.6 Å². The first kappa shape index (κ1) is 18.8. The molecule has 7 nitrogen and oxygen atoms in total. The van der Waals surface area contributed by atoms with Crippen LogP contribution in [0.15, 0.2) is 48.5 Å². The summed E-state index contributed by atoms with van der Waals surface area (Å²) in [5.41, 5.74) is 8.48. The van der Waals surface area contributed by atoms with Gasteiger partial charge in [0.25, 0.3) is 0 Å². The highest BCUT2D eigenvalue weighted by atomic mass is 32.2. The third-order valence-electron chi connectivity index (χ3n) is 4.02. The van der Waals surface area contributed by atoms with Gasteiger partial charge in [-0.05, 0) is 36.1 Å². The number of thioether (sulfide) groups is 1. The van der Waals surface area contributed by atoms with E-state index in [1.54, 1.807) is 23.9 Å². The molecule has 1 heterocycles.